The highest BCUT2D eigenvalue weighted by Gasteiger charge is 2.22. The topological polar surface area (TPSA) is 57.9 Å². The van der Waals surface area contributed by atoms with E-state index in [4.69, 9.17) is 5.26 Å². The molecule has 104 valence electrons. The van der Waals surface area contributed by atoms with E-state index >= 15 is 0 Å². The van der Waals surface area contributed by atoms with Gasteiger partial charge in [-0.2, -0.15) is 5.26 Å². The highest BCUT2D eigenvalue weighted by molar-refractivity contribution is 7.91. The zero-order valence-electron chi connectivity index (χ0n) is 10.8. The Hall–Kier alpha value is -1.48. The first-order chi connectivity index (χ1) is 8.68. The first kappa shape index (κ1) is 15.6. The maximum absolute atomic E-state index is 13.4. The van der Waals surface area contributed by atoms with Crippen LogP contribution in [0.1, 0.15) is 26.7 Å². The number of nitriles is 1. The van der Waals surface area contributed by atoms with Gasteiger partial charge in [-0.3, -0.25) is 0 Å². The molecule has 0 saturated carbocycles. The van der Waals surface area contributed by atoms with Crippen molar-refractivity contribution in [1.82, 2.24) is 0 Å². The Morgan fingerprint density at radius 3 is 2.47 bits per heavy atom. The van der Waals surface area contributed by atoms with Gasteiger partial charge in [-0.15, -0.1) is 0 Å². The number of sulfone groups is 1. The van der Waals surface area contributed by atoms with Gasteiger partial charge in [-0.05, 0) is 38.8 Å². The summed E-state index contributed by atoms with van der Waals surface area (Å²) in [7, 11) is -3.79. The molecular formula is C13H15F2NO2S. The summed E-state index contributed by atoms with van der Waals surface area (Å²) >= 11 is 0. The van der Waals surface area contributed by atoms with Crippen molar-refractivity contribution >= 4 is 9.84 Å². The van der Waals surface area contributed by atoms with Gasteiger partial charge in [0.15, 0.2) is 9.84 Å². The number of nitrogens with zero attached hydrogens (tertiary/aromatic N) is 1. The van der Waals surface area contributed by atoms with E-state index in [0.29, 0.717) is 12.5 Å². The first-order valence-corrected chi connectivity index (χ1v) is 7.42. The fourth-order valence-electron chi connectivity index (χ4n) is 1.60. The molecular weight excluding hydrogens is 272 g/mol. The van der Waals surface area contributed by atoms with E-state index in [1.54, 1.807) is 13.8 Å². The molecule has 1 aromatic carbocycles. The second kappa shape index (κ2) is 5.66. The molecule has 0 unspecified atom stereocenters. The maximum Gasteiger partial charge on any atom is 0.181 e. The van der Waals surface area contributed by atoms with Gasteiger partial charge in [0.1, 0.15) is 16.5 Å². The quantitative estimate of drug-likeness (QED) is 0.782. The van der Waals surface area contributed by atoms with E-state index in [1.807, 2.05) is 0 Å². The highest BCUT2D eigenvalue weighted by Crippen LogP contribution is 2.23. The monoisotopic (exact) mass is 287 g/mol. The van der Waals surface area contributed by atoms with E-state index in [1.165, 1.54) is 0 Å². The smallest absolute Gasteiger partial charge is 0.181 e. The summed E-state index contributed by atoms with van der Waals surface area (Å²) in [5.74, 6) is -2.16. The number of benzene rings is 1. The van der Waals surface area contributed by atoms with Crippen LogP contribution in [-0.4, -0.2) is 14.2 Å². The molecule has 6 heteroatoms. The van der Waals surface area contributed by atoms with Gasteiger partial charge in [-0.1, -0.05) is 0 Å². The number of halogens is 2. The van der Waals surface area contributed by atoms with Gasteiger partial charge < -0.3 is 0 Å². The summed E-state index contributed by atoms with van der Waals surface area (Å²) in [5, 5.41) is 8.81. The summed E-state index contributed by atoms with van der Waals surface area (Å²) in [5.41, 5.74) is -0.614. The number of rotatable bonds is 5. The normalized spacial score (nSPS) is 12.2. The summed E-state index contributed by atoms with van der Waals surface area (Å²) in [4.78, 5) is -0.497. The summed E-state index contributed by atoms with van der Waals surface area (Å²) in [6, 6.07) is 4.45. The second-order valence-corrected chi connectivity index (χ2v) is 7.07. The molecule has 0 aliphatic carbocycles. The predicted molar refractivity (Wildman–Crippen MR) is 67.0 cm³/mol. The van der Waals surface area contributed by atoms with Crippen LogP contribution in [0.5, 0.6) is 0 Å². The van der Waals surface area contributed by atoms with Gasteiger partial charge in [0.2, 0.25) is 0 Å². The number of hydrogen-bond acceptors (Lipinski definition) is 3. The third kappa shape index (κ3) is 4.28. The van der Waals surface area contributed by atoms with Crippen LogP contribution >= 0.6 is 0 Å². The van der Waals surface area contributed by atoms with Gasteiger partial charge in [0, 0.05) is 6.07 Å². The van der Waals surface area contributed by atoms with Crippen LogP contribution in [0.2, 0.25) is 0 Å². The zero-order valence-corrected chi connectivity index (χ0v) is 11.6. The van der Waals surface area contributed by atoms with Crippen LogP contribution in [0.4, 0.5) is 8.78 Å². The summed E-state index contributed by atoms with van der Waals surface area (Å²) in [6.07, 6.45) is 0.644. The van der Waals surface area contributed by atoms with Gasteiger partial charge in [0.25, 0.3) is 0 Å². The van der Waals surface area contributed by atoms with E-state index in [9.17, 15) is 17.2 Å². The Balaban J connectivity index is 2.80. The second-order valence-electron chi connectivity index (χ2n) is 4.99. The third-order valence-electron chi connectivity index (χ3n) is 2.75. The van der Waals surface area contributed by atoms with Crippen LogP contribution in [0.25, 0.3) is 0 Å². The molecule has 0 fully saturated rings. The van der Waals surface area contributed by atoms with Gasteiger partial charge in [-0.25, -0.2) is 17.2 Å². The van der Waals surface area contributed by atoms with Gasteiger partial charge >= 0.3 is 0 Å². The van der Waals surface area contributed by atoms with Crippen molar-refractivity contribution in [3.05, 3.63) is 29.8 Å². The van der Waals surface area contributed by atoms with Crippen LogP contribution in [0, 0.1) is 28.4 Å². The Kier molecular flexibility index (Phi) is 4.64. The molecule has 0 aliphatic rings. The largest absolute Gasteiger partial charge is 0.224 e. The third-order valence-corrected chi connectivity index (χ3v) is 4.57. The summed E-state index contributed by atoms with van der Waals surface area (Å²) in [6.45, 7) is 3.41. The maximum atomic E-state index is 13.4. The molecule has 19 heavy (non-hydrogen) atoms. The highest BCUT2D eigenvalue weighted by atomic mass is 32.2. The molecule has 0 atom stereocenters. The molecule has 0 spiro atoms. The lowest BCUT2D eigenvalue weighted by Gasteiger charge is -2.14. The average Bonchev–Trinajstić information content (AvgIpc) is 2.27. The van der Waals surface area contributed by atoms with E-state index in [2.05, 4.69) is 6.07 Å². The summed E-state index contributed by atoms with van der Waals surface area (Å²) < 4.78 is 49.9. The molecule has 0 heterocycles. The van der Waals surface area contributed by atoms with E-state index < -0.39 is 31.8 Å². The van der Waals surface area contributed by atoms with Crippen LogP contribution in [0.3, 0.4) is 0 Å². The SMILES string of the molecule is CC(C)(C#N)CCCS(=O)(=O)c1ccc(F)cc1F. The Bertz CT molecular complexity index is 604. The van der Waals surface area contributed by atoms with Crippen molar-refractivity contribution in [2.45, 2.75) is 31.6 Å². The fraction of sp³-hybridized carbons (Fsp3) is 0.462. The molecule has 0 radical (unpaired) electrons. The standard InChI is InChI=1S/C13H15F2NO2S/c1-13(2,9-16)6-3-7-19(17,18)12-5-4-10(14)8-11(12)15/h4-5,8H,3,6-7H2,1-2H3. The van der Waals surface area contributed by atoms with Crippen molar-refractivity contribution in [3.63, 3.8) is 0 Å². The van der Waals surface area contributed by atoms with Crippen LogP contribution in [-0.2, 0) is 9.84 Å². The van der Waals surface area contributed by atoms with Crippen molar-refractivity contribution in [3.8, 4) is 6.07 Å². The fourth-order valence-corrected chi connectivity index (χ4v) is 2.97. The van der Waals surface area contributed by atoms with Gasteiger partial charge in [0.05, 0.1) is 17.2 Å². The van der Waals surface area contributed by atoms with Crippen molar-refractivity contribution in [2.24, 2.45) is 5.41 Å². The minimum Gasteiger partial charge on any atom is -0.224 e. The first-order valence-electron chi connectivity index (χ1n) is 5.77. The van der Waals surface area contributed by atoms with E-state index in [0.717, 1.165) is 12.1 Å². The Labute approximate surface area is 111 Å². The molecule has 0 bridgehead atoms. The molecule has 0 N–H and O–H groups in total. The molecule has 3 nitrogen and oxygen atoms in total. The van der Waals surface area contributed by atoms with Crippen LogP contribution in [0.15, 0.2) is 23.1 Å². The number of hydrogen-bond donors (Lipinski definition) is 0. The van der Waals surface area contributed by atoms with Crippen LogP contribution < -0.4 is 0 Å². The predicted octanol–water partition coefficient (Wildman–Crippen LogP) is 3.07. The molecule has 0 saturated heterocycles. The Morgan fingerprint density at radius 2 is 1.95 bits per heavy atom. The lowest BCUT2D eigenvalue weighted by Crippen LogP contribution is -2.13. The van der Waals surface area contributed by atoms with E-state index in [-0.39, 0.29) is 12.2 Å². The minimum atomic E-state index is -3.79. The lowest BCUT2D eigenvalue weighted by molar-refractivity contribution is 0.444. The molecule has 1 aromatic rings. The molecule has 1 rings (SSSR count). The molecule has 0 aromatic heterocycles. The zero-order chi connectivity index (χ0) is 14.7. The van der Waals surface area contributed by atoms with Crippen molar-refractivity contribution in [1.29, 1.82) is 5.26 Å². The molecule has 0 aliphatic heterocycles. The van der Waals surface area contributed by atoms with Crippen molar-refractivity contribution < 1.29 is 17.2 Å². The van der Waals surface area contributed by atoms with Crippen molar-refractivity contribution in [2.75, 3.05) is 5.75 Å². The Morgan fingerprint density at radius 1 is 1.32 bits per heavy atom. The lowest BCUT2D eigenvalue weighted by atomic mass is 9.90. The molecule has 0 amide bonds. The minimum absolute atomic E-state index is 0.250. The average molecular weight is 287 g/mol.